The minimum atomic E-state index is -0.980. The van der Waals surface area contributed by atoms with Crippen molar-refractivity contribution in [2.75, 3.05) is 6.61 Å². The summed E-state index contributed by atoms with van der Waals surface area (Å²) in [5.74, 6) is -0.234. The molecule has 0 spiro atoms. The molecule has 0 aliphatic carbocycles. The average molecular weight is 416 g/mol. The second-order valence-corrected chi connectivity index (χ2v) is 7.36. The van der Waals surface area contributed by atoms with Gasteiger partial charge in [0.2, 0.25) is 0 Å². The average Bonchev–Trinajstić information content (AvgIpc) is 3.13. The molecule has 0 bridgehead atoms. The Morgan fingerprint density at radius 3 is 2.68 bits per heavy atom. The minimum absolute atomic E-state index is 0.278. The Bertz CT molecular complexity index is 1040. The fraction of sp³-hybridized carbons (Fsp3) is 0.136. The van der Waals surface area contributed by atoms with E-state index in [2.05, 4.69) is 4.98 Å². The van der Waals surface area contributed by atoms with Gasteiger partial charge in [-0.15, -0.1) is 0 Å². The van der Waals surface area contributed by atoms with Gasteiger partial charge in [0.15, 0.2) is 0 Å². The van der Waals surface area contributed by atoms with Gasteiger partial charge in [-0.25, -0.2) is 4.39 Å². The molecule has 142 valence electrons. The van der Waals surface area contributed by atoms with Gasteiger partial charge in [-0.2, -0.15) is 0 Å². The number of ether oxygens (including phenoxy) is 1. The topological polar surface area (TPSA) is 42.4 Å². The van der Waals surface area contributed by atoms with Crippen LogP contribution in [-0.2, 0) is 4.74 Å². The number of halogens is 3. The van der Waals surface area contributed by atoms with Crippen molar-refractivity contribution in [3.63, 3.8) is 0 Å². The van der Waals surface area contributed by atoms with Crippen LogP contribution in [0.4, 0.5) is 4.39 Å². The lowest BCUT2D eigenvalue weighted by molar-refractivity contribution is 0.209. The summed E-state index contributed by atoms with van der Waals surface area (Å²) in [5.41, 5.74) is 2.58. The van der Waals surface area contributed by atoms with Crippen LogP contribution in [0.3, 0.4) is 0 Å². The standard InChI is InChI=1S/C22H16Cl2FNO2/c23-15-6-7-17(19(24)10-15)18-12-28-22(13-3-1-5-16(25)9-13)20(18)21(27)14-4-2-8-26-11-14/h1-11,18,21,27H,12H2. The van der Waals surface area contributed by atoms with Crippen LogP contribution in [0.15, 0.2) is 72.6 Å². The summed E-state index contributed by atoms with van der Waals surface area (Å²) in [7, 11) is 0. The molecule has 4 rings (SSSR count). The van der Waals surface area contributed by atoms with E-state index in [9.17, 15) is 9.50 Å². The molecule has 0 fully saturated rings. The van der Waals surface area contributed by atoms with Gasteiger partial charge >= 0.3 is 0 Å². The number of nitrogens with zero attached hydrogens (tertiary/aromatic N) is 1. The smallest absolute Gasteiger partial charge is 0.129 e. The van der Waals surface area contributed by atoms with Gasteiger partial charge in [0.1, 0.15) is 17.7 Å². The maximum absolute atomic E-state index is 13.8. The van der Waals surface area contributed by atoms with Crippen LogP contribution in [0.1, 0.15) is 28.7 Å². The first-order valence-electron chi connectivity index (χ1n) is 8.70. The Hall–Kier alpha value is -2.40. The molecule has 28 heavy (non-hydrogen) atoms. The maximum Gasteiger partial charge on any atom is 0.129 e. The van der Waals surface area contributed by atoms with Crippen molar-refractivity contribution in [1.29, 1.82) is 0 Å². The summed E-state index contributed by atoms with van der Waals surface area (Å²) < 4.78 is 19.8. The number of aliphatic hydroxyl groups is 1. The van der Waals surface area contributed by atoms with Crippen LogP contribution in [0.25, 0.3) is 5.76 Å². The third-order valence-corrected chi connectivity index (χ3v) is 5.31. The van der Waals surface area contributed by atoms with Crippen molar-refractivity contribution in [3.05, 3.63) is 105 Å². The normalized spacial score (nSPS) is 17.5. The molecule has 2 heterocycles. The van der Waals surface area contributed by atoms with E-state index in [-0.39, 0.29) is 18.3 Å². The van der Waals surface area contributed by atoms with Crippen LogP contribution in [-0.4, -0.2) is 16.7 Å². The summed E-state index contributed by atoms with van der Waals surface area (Å²) >= 11 is 12.5. The summed E-state index contributed by atoms with van der Waals surface area (Å²) in [4.78, 5) is 4.09. The molecule has 2 atom stereocenters. The fourth-order valence-corrected chi connectivity index (χ4v) is 3.99. The zero-order valence-corrected chi connectivity index (χ0v) is 16.2. The highest BCUT2D eigenvalue weighted by atomic mass is 35.5. The van der Waals surface area contributed by atoms with Gasteiger partial charge in [-0.1, -0.05) is 47.5 Å². The van der Waals surface area contributed by atoms with Crippen molar-refractivity contribution in [3.8, 4) is 0 Å². The zero-order valence-electron chi connectivity index (χ0n) is 14.6. The molecule has 0 amide bonds. The van der Waals surface area contributed by atoms with Crippen LogP contribution < -0.4 is 0 Å². The molecular weight excluding hydrogens is 400 g/mol. The second kappa shape index (κ2) is 7.92. The largest absolute Gasteiger partial charge is 0.492 e. The number of aromatic nitrogens is 1. The van der Waals surface area contributed by atoms with E-state index in [1.165, 1.54) is 12.1 Å². The van der Waals surface area contributed by atoms with Crippen LogP contribution in [0.5, 0.6) is 0 Å². The summed E-state index contributed by atoms with van der Waals surface area (Å²) in [6.45, 7) is 0.278. The highest BCUT2D eigenvalue weighted by Crippen LogP contribution is 2.46. The molecule has 3 nitrogen and oxygen atoms in total. The van der Waals surface area contributed by atoms with Crippen molar-refractivity contribution in [2.45, 2.75) is 12.0 Å². The molecule has 1 aromatic heterocycles. The van der Waals surface area contributed by atoms with Crippen molar-refractivity contribution < 1.29 is 14.2 Å². The van der Waals surface area contributed by atoms with Crippen LogP contribution >= 0.6 is 23.2 Å². The summed E-state index contributed by atoms with van der Waals surface area (Å²) in [6.07, 6.45) is 2.25. The number of rotatable bonds is 4. The number of hydrogen-bond acceptors (Lipinski definition) is 3. The lowest BCUT2D eigenvalue weighted by Gasteiger charge is -2.20. The highest BCUT2D eigenvalue weighted by molar-refractivity contribution is 6.35. The molecule has 0 saturated heterocycles. The number of pyridine rings is 1. The van der Waals surface area contributed by atoms with E-state index in [4.69, 9.17) is 27.9 Å². The van der Waals surface area contributed by atoms with Crippen molar-refractivity contribution in [1.82, 2.24) is 4.98 Å². The lowest BCUT2D eigenvalue weighted by atomic mass is 9.86. The van der Waals surface area contributed by atoms with Gasteiger partial charge in [0, 0.05) is 45.1 Å². The van der Waals surface area contributed by atoms with Gasteiger partial charge in [0.05, 0.1) is 6.61 Å². The van der Waals surface area contributed by atoms with E-state index < -0.39 is 6.10 Å². The number of benzene rings is 2. The molecule has 3 aromatic rings. The molecule has 2 aromatic carbocycles. The Morgan fingerprint density at radius 1 is 1.11 bits per heavy atom. The van der Waals surface area contributed by atoms with Gasteiger partial charge in [0.25, 0.3) is 0 Å². The molecule has 2 unspecified atom stereocenters. The third kappa shape index (κ3) is 3.63. The Balaban J connectivity index is 1.87. The summed E-state index contributed by atoms with van der Waals surface area (Å²) in [5, 5.41) is 12.2. The Kier molecular flexibility index (Phi) is 5.36. The van der Waals surface area contributed by atoms with Gasteiger partial charge in [-0.3, -0.25) is 4.98 Å². The van der Waals surface area contributed by atoms with E-state index >= 15 is 0 Å². The molecule has 6 heteroatoms. The minimum Gasteiger partial charge on any atom is -0.492 e. The molecule has 0 radical (unpaired) electrons. The SMILES string of the molecule is OC(C1=C(c2cccc(F)c2)OCC1c1ccc(Cl)cc1Cl)c1cccnc1. The molecular formula is C22H16Cl2FNO2. The van der Waals surface area contributed by atoms with Crippen LogP contribution in [0, 0.1) is 5.82 Å². The highest BCUT2D eigenvalue weighted by Gasteiger charge is 2.36. The van der Waals surface area contributed by atoms with Crippen molar-refractivity contribution in [2.24, 2.45) is 0 Å². The van der Waals surface area contributed by atoms with Gasteiger partial charge < -0.3 is 9.84 Å². The fourth-order valence-electron chi connectivity index (χ4n) is 3.45. The van der Waals surface area contributed by atoms with Crippen LogP contribution in [0.2, 0.25) is 10.0 Å². The zero-order chi connectivity index (χ0) is 19.7. The Morgan fingerprint density at radius 2 is 1.96 bits per heavy atom. The number of aliphatic hydroxyl groups excluding tert-OH is 1. The first kappa shape index (κ1) is 18.9. The first-order valence-corrected chi connectivity index (χ1v) is 9.46. The van der Waals surface area contributed by atoms with E-state index in [1.807, 2.05) is 6.07 Å². The second-order valence-electron chi connectivity index (χ2n) is 6.51. The predicted octanol–water partition coefficient (Wildman–Crippen LogP) is 5.79. The van der Waals surface area contributed by atoms with E-state index in [1.54, 1.807) is 48.8 Å². The van der Waals surface area contributed by atoms with E-state index in [0.29, 0.717) is 32.5 Å². The number of hydrogen-bond donors (Lipinski definition) is 1. The van der Waals surface area contributed by atoms with Crippen molar-refractivity contribution >= 4 is 29.0 Å². The maximum atomic E-state index is 13.8. The lowest BCUT2D eigenvalue weighted by Crippen LogP contribution is -2.11. The monoisotopic (exact) mass is 415 g/mol. The third-order valence-electron chi connectivity index (χ3n) is 4.75. The summed E-state index contributed by atoms with van der Waals surface area (Å²) in [6, 6.07) is 14.9. The molecule has 0 saturated carbocycles. The van der Waals surface area contributed by atoms with E-state index in [0.717, 1.165) is 5.56 Å². The molecule has 1 aliphatic rings. The Labute approximate surface area is 172 Å². The van der Waals surface area contributed by atoms with Gasteiger partial charge in [-0.05, 0) is 35.9 Å². The molecule has 1 aliphatic heterocycles. The quantitative estimate of drug-likeness (QED) is 0.586. The molecule has 1 N–H and O–H groups in total. The first-order chi connectivity index (χ1) is 13.5. The predicted molar refractivity (Wildman–Crippen MR) is 108 cm³/mol.